The van der Waals surface area contributed by atoms with E-state index in [1.54, 1.807) is 0 Å². The van der Waals surface area contributed by atoms with Crippen molar-refractivity contribution in [1.29, 1.82) is 0 Å². The largest absolute Gasteiger partial charge is 0.296 e. The Labute approximate surface area is 161 Å². The van der Waals surface area contributed by atoms with E-state index >= 15 is 0 Å². The zero-order chi connectivity index (χ0) is 19.0. The van der Waals surface area contributed by atoms with Crippen LogP contribution in [0.2, 0.25) is 0 Å². The van der Waals surface area contributed by atoms with Crippen molar-refractivity contribution in [1.82, 2.24) is 10.2 Å². The average molecular weight is 374 g/mol. The highest BCUT2D eigenvalue weighted by Gasteiger charge is 2.15. The lowest BCUT2D eigenvalue weighted by Gasteiger charge is -2.18. The van der Waals surface area contributed by atoms with Gasteiger partial charge in [-0.2, -0.15) is 0 Å². The maximum atomic E-state index is 12.4. The molecule has 0 aliphatic heterocycles. The Kier molecular flexibility index (Phi) is 7.76. The Morgan fingerprint density at radius 1 is 1.00 bits per heavy atom. The monoisotopic (exact) mass is 373 g/mol. The van der Waals surface area contributed by atoms with Gasteiger partial charge in [0.2, 0.25) is 5.13 Å². The number of unbranched alkanes of at least 4 members (excludes halogenated alkanes) is 5. The Balaban J connectivity index is 1.81. The van der Waals surface area contributed by atoms with Crippen LogP contribution >= 0.6 is 11.3 Å². The standard InChI is InChI=1S/C21H31N3OS/c1-5-6-7-8-9-10-11-18-23-24-20(26-18)22-19(25)16-12-14-17(15-13-16)21(2,3)4/h12-15H,5-11H2,1-4H3,(H,22,24,25). The Hall–Kier alpha value is -1.75. The zero-order valence-corrected chi connectivity index (χ0v) is 17.3. The average Bonchev–Trinajstić information content (AvgIpc) is 3.04. The van der Waals surface area contributed by atoms with Crippen molar-refractivity contribution in [2.45, 2.75) is 78.1 Å². The number of aromatic nitrogens is 2. The van der Waals surface area contributed by atoms with Gasteiger partial charge in [0, 0.05) is 12.0 Å². The molecule has 26 heavy (non-hydrogen) atoms. The number of carbonyl (C=O) groups excluding carboxylic acids is 1. The van der Waals surface area contributed by atoms with Gasteiger partial charge in [-0.25, -0.2) is 0 Å². The molecular formula is C21H31N3OS. The van der Waals surface area contributed by atoms with Crippen LogP contribution in [0.4, 0.5) is 5.13 Å². The third-order valence-electron chi connectivity index (χ3n) is 4.44. The predicted octanol–water partition coefficient (Wildman–Crippen LogP) is 5.99. The highest BCUT2D eigenvalue weighted by atomic mass is 32.1. The molecule has 0 saturated carbocycles. The van der Waals surface area contributed by atoms with Gasteiger partial charge in [-0.3, -0.25) is 10.1 Å². The van der Waals surface area contributed by atoms with Gasteiger partial charge >= 0.3 is 0 Å². The number of anilines is 1. The quantitative estimate of drug-likeness (QED) is 0.549. The highest BCUT2D eigenvalue weighted by molar-refractivity contribution is 7.15. The van der Waals surface area contributed by atoms with Crippen LogP contribution in [0.25, 0.3) is 0 Å². The maximum Gasteiger partial charge on any atom is 0.257 e. The van der Waals surface area contributed by atoms with Crippen LogP contribution in [-0.2, 0) is 11.8 Å². The lowest BCUT2D eigenvalue weighted by atomic mass is 9.87. The number of aryl methyl sites for hydroxylation is 1. The van der Waals surface area contributed by atoms with Gasteiger partial charge in [0.15, 0.2) is 0 Å². The molecule has 2 aromatic rings. The van der Waals surface area contributed by atoms with Crippen molar-refractivity contribution in [3.05, 3.63) is 40.4 Å². The fourth-order valence-corrected chi connectivity index (χ4v) is 3.53. The van der Waals surface area contributed by atoms with E-state index in [0.717, 1.165) is 17.8 Å². The van der Waals surface area contributed by atoms with E-state index in [1.165, 1.54) is 49.0 Å². The summed E-state index contributed by atoms with van der Waals surface area (Å²) in [5.74, 6) is -0.132. The van der Waals surface area contributed by atoms with Gasteiger partial charge in [-0.15, -0.1) is 10.2 Å². The number of hydrogen-bond acceptors (Lipinski definition) is 4. The zero-order valence-electron chi connectivity index (χ0n) is 16.5. The topological polar surface area (TPSA) is 54.9 Å². The molecule has 0 radical (unpaired) electrons. The molecule has 1 aromatic heterocycles. The summed E-state index contributed by atoms with van der Waals surface area (Å²) in [6.07, 6.45) is 8.54. The number of nitrogens with zero attached hydrogens (tertiary/aromatic N) is 2. The van der Waals surface area contributed by atoms with Gasteiger partial charge in [0.25, 0.3) is 5.91 Å². The van der Waals surface area contributed by atoms with Crippen molar-refractivity contribution >= 4 is 22.4 Å². The second-order valence-corrected chi connectivity index (χ2v) is 8.86. The van der Waals surface area contributed by atoms with E-state index in [9.17, 15) is 4.79 Å². The second-order valence-electron chi connectivity index (χ2n) is 7.80. The molecule has 0 atom stereocenters. The normalized spacial score (nSPS) is 11.5. The van der Waals surface area contributed by atoms with Crippen LogP contribution in [0.5, 0.6) is 0 Å². The predicted molar refractivity (Wildman–Crippen MR) is 110 cm³/mol. The number of carbonyl (C=O) groups is 1. The van der Waals surface area contributed by atoms with E-state index in [4.69, 9.17) is 0 Å². The van der Waals surface area contributed by atoms with Crippen molar-refractivity contribution in [3.8, 4) is 0 Å². The van der Waals surface area contributed by atoms with Crippen LogP contribution in [0, 0.1) is 0 Å². The molecule has 4 nitrogen and oxygen atoms in total. The molecule has 1 N–H and O–H groups in total. The van der Waals surface area contributed by atoms with Gasteiger partial charge in [0.05, 0.1) is 0 Å². The highest BCUT2D eigenvalue weighted by Crippen LogP contribution is 2.23. The molecule has 0 spiro atoms. The van der Waals surface area contributed by atoms with Crippen LogP contribution in [0.3, 0.4) is 0 Å². The summed E-state index contributed by atoms with van der Waals surface area (Å²) in [4.78, 5) is 12.4. The fourth-order valence-electron chi connectivity index (χ4n) is 2.75. The molecule has 1 aromatic carbocycles. The molecule has 5 heteroatoms. The Morgan fingerprint density at radius 2 is 1.65 bits per heavy atom. The van der Waals surface area contributed by atoms with Gasteiger partial charge in [-0.1, -0.05) is 83.3 Å². The molecule has 0 unspecified atom stereocenters. The maximum absolute atomic E-state index is 12.4. The first kappa shape index (κ1) is 20.6. The Morgan fingerprint density at radius 3 is 2.31 bits per heavy atom. The van der Waals surface area contributed by atoms with E-state index in [2.05, 4.69) is 43.2 Å². The van der Waals surface area contributed by atoms with Crippen molar-refractivity contribution in [2.75, 3.05) is 5.32 Å². The fraction of sp³-hybridized carbons (Fsp3) is 0.571. The number of hydrogen-bond donors (Lipinski definition) is 1. The molecule has 1 amide bonds. The smallest absolute Gasteiger partial charge is 0.257 e. The van der Waals surface area contributed by atoms with Crippen LogP contribution < -0.4 is 5.32 Å². The summed E-state index contributed by atoms with van der Waals surface area (Å²) in [5.41, 5.74) is 1.94. The SMILES string of the molecule is CCCCCCCCc1nnc(NC(=O)c2ccc(C(C)(C)C)cc2)s1. The number of nitrogens with one attached hydrogen (secondary N) is 1. The Bertz CT molecular complexity index is 686. The molecule has 0 fully saturated rings. The summed E-state index contributed by atoms with van der Waals surface area (Å²) < 4.78 is 0. The minimum atomic E-state index is -0.132. The summed E-state index contributed by atoms with van der Waals surface area (Å²) in [5, 5.41) is 12.7. The number of amides is 1. The van der Waals surface area contributed by atoms with Gasteiger partial charge in [0.1, 0.15) is 5.01 Å². The molecular weight excluding hydrogens is 342 g/mol. The molecule has 1 heterocycles. The number of rotatable bonds is 9. The second kappa shape index (κ2) is 9.81. The summed E-state index contributed by atoms with van der Waals surface area (Å²) in [7, 11) is 0. The molecule has 0 saturated heterocycles. The molecule has 142 valence electrons. The third kappa shape index (κ3) is 6.52. The molecule has 0 bridgehead atoms. The summed E-state index contributed by atoms with van der Waals surface area (Å²) in [6.45, 7) is 8.72. The van der Waals surface area contributed by atoms with Crippen molar-refractivity contribution in [3.63, 3.8) is 0 Å². The van der Waals surface area contributed by atoms with E-state index in [1.807, 2.05) is 24.3 Å². The van der Waals surface area contributed by atoms with Crippen molar-refractivity contribution < 1.29 is 4.79 Å². The summed E-state index contributed by atoms with van der Waals surface area (Å²) in [6, 6.07) is 7.76. The van der Waals surface area contributed by atoms with Crippen LogP contribution in [0.15, 0.2) is 24.3 Å². The minimum absolute atomic E-state index is 0.0830. The van der Waals surface area contributed by atoms with Gasteiger partial charge < -0.3 is 0 Å². The van der Waals surface area contributed by atoms with E-state index in [0.29, 0.717) is 10.7 Å². The third-order valence-corrected chi connectivity index (χ3v) is 5.34. The summed E-state index contributed by atoms with van der Waals surface area (Å²) >= 11 is 1.48. The number of benzene rings is 1. The van der Waals surface area contributed by atoms with Crippen molar-refractivity contribution in [2.24, 2.45) is 0 Å². The van der Waals surface area contributed by atoms with E-state index < -0.39 is 0 Å². The van der Waals surface area contributed by atoms with Crippen LogP contribution in [-0.4, -0.2) is 16.1 Å². The lowest BCUT2D eigenvalue weighted by Crippen LogP contribution is -2.14. The molecule has 2 rings (SSSR count). The minimum Gasteiger partial charge on any atom is -0.296 e. The first-order valence-corrected chi connectivity index (χ1v) is 10.5. The van der Waals surface area contributed by atoms with E-state index in [-0.39, 0.29) is 11.3 Å². The van der Waals surface area contributed by atoms with Gasteiger partial charge in [-0.05, 0) is 29.5 Å². The first-order valence-electron chi connectivity index (χ1n) is 9.64. The molecule has 0 aliphatic carbocycles. The first-order chi connectivity index (χ1) is 12.4. The molecule has 0 aliphatic rings. The lowest BCUT2D eigenvalue weighted by molar-refractivity contribution is 0.102. The van der Waals surface area contributed by atoms with Crippen LogP contribution in [0.1, 0.15) is 87.1 Å².